The van der Waals surface area contributed by atoms with E-state index in [0.717, 1.165) is 22.6 Å². The van der Waals surface area contributed by atoms with Gasteiger partial charge >= 0.3 is 0 Å². The van der Waals surface area contributed by atoms with Crippen molar-refractivity contribution >= 4 is 17.4 Å². The SMILES string of the molecule is CC.Cc1nc(N2CCCC(F)(F)CC2)c(C)c(C)c1Cl. The zero-order chi connectivity index (χ0) is 16.2. The van der Waals surface area contributed by atoms with Crippen LogP contribution in [0, 0.1) is 20.8 Å². The van der Waals surface area contributed by atoms with Gasteiger partial charge in [0.05, 0.1) is 10.7 Å². The van der Waals surface area contributed by atoms with Crippen LogP contribution in [0.3, 0.4) is 0 Å². The molecule has 2 nitrogen and oxygen atoms in total. The number of rotatable bonds is 1. The molecular weight excluding hydrogens is 294 g/mol. The molecule has 0 spiro atoms. The smallest absolute Gasteiger partial charge is 0.249 e. The molecular formula is C16H25ClF2N2. The van der Waals surface area contributed by atoms with Gasteiger partial charge in [0.25, 0.3) is 0 Å². The first-order valence-corrected chi connectivity index (χ1v) is 7.96. The molecule has 1 saturated heterocycles. The highest BCUT2D eigenvalue weighted by Gasteiger charge is 2.32. The minimum atomic E-state index is -2.54. The summed E-state index contributed by atoms with van der Waals surface area (Å²) in [4.78, 5) is 6.46. The van der Waals surface area contributed by atoms with E-state index in [-0.39, 0.29) is 12.8 Å². The van der Waals surface area contributed by atoms with Crippen LogP contribution in [0.5, 0.6) is 0 Å². The quantitative estimate of drug-likeness (QED) is 0.697. The predicted octanol–water partition coefficient (Wildman–Crippen LogP) is 5.31. The van der Waals surface area contributed by atoms with Gasteiger partial charge < -0.3 is 4.90 Å². The second-order valence-corrected chi connectivity index (χ2v) is 5.66. The fourth-order valence-electron chi connectivity index (χ4n) is 2.48. The molecule has 2 rings (SSSR count). The second-order valence-electron chi connectivity index (χ2n) is 5.28. The highest BCUT2D eigenvalue weighted by Crippen LogP contribution is 2.33. The minimum Gasteiger partial charge on any atom is -0.356 e. The number of aromatic nitrogens is 1. The van der Waals surface area contributed by atoms with E-state index in [9.17, 15) is 8.78 Å². The zero-order valence-corrected chi connectivity index (χ0v) is 14.3. The summed E-state index contributed by atoms with van der Waals surface area (Å²) in [5.41, 5.74) is 2.73. The number of hydrogen-bond acceptors (Lipinski definition) is 2. The lowest BCUT2D eigenvalue weighted by atomic mass is 10.1. The third-order valence-corrected chi connectivity index (χ3v) is 4.39. The van der Waals surface area contributed by atoms with Crippen molar-refractivity contribution in [2.24, 2.45) is 0 Å². The van der Waals surface area contributed by atoms with E-state index < -0.39 is 5.92 Å². The van der Waals surface area contributed by atoms with Gasteiger partial charge in [-0.15, -0.1) is 0 Å². The van der Waals surface area contributed by atoms with Crippen LogP contribution in [0.15, 0.2) is 0 Å². The molecule has 0 amide bonds. The van der Waals surface area contributed by atoms with E-state index in [1.807, 2.05) is 39.5 Å². The summed E-state index contributed by atoms with van der Waals surface area (Å²) in [6.07, 6.45) is 0.359. The van der Waals surface area contributed by atoms with E-state index in [2.05, 4.69) is 4.98 Å². The number of anilines is 1. The molecule has 0 N–H and O–H groups in total. The molecule has 0 aromatic carbocycles. The molecule has 1 aliphatic heterocycles. The Morgan fingerprint density at radius 1 is 1.05 bits per heavy atom. The molecule has 0 aliphatic carbocycles. The summed E-state index contributed by atoms with van der Waals surface area (Å²) in [5, 5.41) is 0.668. The summed E-state index contributed by atoms with van der Waals surface area (Å²) < 4.78 is 26.8. The summed E-state index contributed by atoms with van der Waals surface area (Å²) in [6, 6.07) is 0. The van der Waals surface area contributed by atoms with Gasteiger partial charge in [0, 0.05) is 25.9 Å². The number of nitrogens with zero attached hydrogens (tertiary/aromatic N) is 2. The Hall–Kier alpha value is -0.900. The molecule has 5 heteroatoms. The molecule has 0 saturated carbocycles. The molecule has 0 bridgehead atoms. The van der Waals surface area contributed by atoms with Crippen molar-refractivity contribution in [2.45, 2.75) is 59.8 Å². The predicted molar refractivity (Wildman–Crippen MR) is 85.8 cm³/mol. The minimum absolute atomic E-state index is 0.0336. The number of aryl methyl sites for hydroxylation is 1. The first-order valence-electron chi connectivity index (χ1n) is 7.58. The van der Waals surface area contributed by atoms with Crippen molar-refractivity contribution < 1.29 is 8.78 Å². The third kappa shape index (κ3) is 4.29. The Labute approximate surface area is 131 Å². The maximum Gasteiger partial charge on any atom is 0.249 e. The van der Waals surface area contributed by atoms with Crippen molar-refractivity contribution in [2.75, 3.05) is 18.0 Å². The van der Waals surface area contributed by atoms with Crippen LogP contribution in [-0.2, 0) is 0 Å². The van der Waals surface area contributed by atoms with Crippen LogP contribution in [0.25, 0.3) is 0 Å². The molecule has 21 heavy (non-hydrogen) atoms. The molecule has 1 aromatic heterocycles. The highest BCUT2D eigenvalue weighted by atomic mass is 35.5. The molecule has 120 valence electrons. The van der Waals surface area contributed by atoms with Gasteiger partial charge in [0.1, 0.15) is 5.82 Å². The van der Waals surface area contributed by atoms with Gasteiger partial charge in [-0.05, 0) is 38.3 Å². The lowest BCUT2D eigenvalue weighted by Gasteiger charge is -2.25. The van der Waals surface area contributed by atoms with Crippen LogP contribution >= 0.6 is 11.6 Å². The number of alkyl halides is 2. The van der Waals surface area contributed by atoms with Crippen LogP contribution in [0.4, 0.5) is 14.6 Å². The lowest BCUT2D eigenvalue weighted by Crippen LogP contribution is -2.27. The standard InChI is InChI=1S/C14H19ClF2N2.C2H6/c1-9-10(2)13(18-11(3)12(9)15)19-7-4-5-14(16,17)6-8-19;1-2/h4-8H2,1-3H3;1-2H3. The normalized spacial score (nSPS) is 17.8. The average Bonchev–Trinajstić information content (AvgIpc) is 2.64. The Balaban J connectivity index is 0.00000106. The molecule has 1 aliphatic rings. The highest BCUT2D eigenvalue weighted by molar-refractivity contribution is 6.32. The Bertz CT molecular complexity index is 490. The van der Waals surface area contributed by atoms with Gasteiger partial charge in [-0.3, -0.25) is 0 Å². The Kier molecular flexibility index (Phi) is 6.39. The molecule has 2 heterocycles. The van der Waals surface area contributed by atoms with Crippen LogP contribution in [0.1, 0.15) is 49.9 Å². The first-order chi connectivity index (χ1) is 9.82. The van der Waals surface area contributed by atoms with Crippen molar-refractivity contribution in [1.29, 1.82) is 0 Å². The van der Waals surface area contributed by atoms with E-state index in [4.69, 9.17) is 11.6 Å². The fourth-order valence-corrected chi connectivity index (χ4v) is 2.66. The monoisotopic (exact) mass is 318 g/mol. The molecule has 0 radical (unpaired) electrons. The first kappa shape index (κ1) is 18.1. The Morgan fingerprint density at radius 2 is 1.67 bits per heavy atom. The van der Waals surface area contributed by atoms with E-state index in [1.165, 1.54) is 0 Å². The molecule has 1 fully saturated rings. The van der Waals surface area contributed by atoms with E-state index >= 15 is 0 Å². The van der Waals surface area contributed by atoms with E-state index in [0.29, 0.717) is 24.5 Å². The maximum atomic E-state index is 13.4. The fraction of sp³-hybridized carbons (Fsp3) is 0.688. The van der Waals surface area contributed by atoms with Crippen LogP contribution < -0.4 is 4.90 Å². The van der Waals surface area contributed by atoms with Crippen molar-refractivity contribution in [3.63, 3.8) is 0 Å². The molecule has 1 aromatic rings. The van der Waals surface area contributed by atoms with Gasteiger partial charge in [-0.25, -0.2) is 13.8 Å². The lowest BCUT2D eigenvalue weighted by molar-refractivity contribution is -0.0102. The van der Waals surface area contributed by atoms with Crippen LogP contribution in [0.2, 0.25) is 5.02 Å². The van der Waals surface area contributed by atoms with Gasteiger partial charge in [0.15, 0.2) is 0 Å². The van der Waals surface area contributed by atoms with Crippen molar-refractivity contribution in [3.05, 3.63) is 21.8 Å². The van der Waals surface area contributed by atoms with Crippen LogP contribution in [-0.4, -0.2) is 24.0 Å². The zero-order valence-electron chi connectivity index (χ0n) is 13.6. The molecule has 0 unspecified atom stereocenters. The third-order valence-electron chi connectivity index (χ3n) is 3.84. The van der Waals surface area contributed by atoms with Crippen molar-refractivity contribution in [3.8, 4) is 0 Å². The Morgan fingerprint density at radius 3 is 2.29 bits per heavy atom. The molecule has 0 atom stereocenters. The maximum absolute atomic E-state index is 13.4. The summed E-state index contributed by atoms with van der Waals surface area (Å²) >= 11 is 6.17. The van der Waals surface area contributed by atoms with E-state index in [1.54, 1.807) is 0 Å². The van der Waals surface area contributed by atoms with Gasteiger partial charge in [-0.2, -0.15) is 0 Å². The number of halogens is 3. The largest absolute Gasteiger partial charge is 0.356 e. The number of pyridine rings is 1. The topological polar surface area (TPSA) is 16.1 Å². The summed E-state index contributed by atoms with van der Waals surface area (Å²) in [6.45, 7) is 10.7. The second kappa shape index (κ2) is 7.39. The van der Waals surface area contributed by atoms with Gasteiger partial charge in [0.2, 0.25) is 5.92 Å². The summed E-state index contributed by atoms with van der Waals surface area (Å²) in [7, 11) is 0. The average molecular weight is 319 g/mol. The summed E-state index contributed by atoms with van der Waals surface area (Å²) in [5.74, 6) is -1.74. The van der Waals surface area contributed by atoms with Gasteiger partial charge in [-0.1, -0.05) is 25.4 Å². The van der Waals surface area contributed by atoms with Crippen molar-refractivity contribution in [1.82, 2.24) is 4.98 Å². The number of hydrogen-bond donors (Lipinski definition) is 0.